The highest BCUT2D eigenvalue weighted by Crippen LogP contribution is 2.49. The summed E-state index contributed by atoms with van der Waals surface area (Å²) in [6, 6.07) is 4.20. The SMILES string of the molecule is Cc1sccc1C(=O)N1CCC2(CC(Nc3ncccn3)C2)C1. The summed E-state index contributed by atoms with van der Waals surface area (Å²) in [4.78, 5) is 24.2. The monoisotopic (exact) mass is 328 g/mol. The van der Waals surface area contributed by atoms with Gasteiger partial charge in [0.1, 0.15) is 0 Å². The number of aryl methyl sites for hydroxylation is 1. The van der Waals surface area contributed by atoms with Crippen LogP contribution in [0.2, 0.25) is 0 Å². The maximum absolute atomic E-state index is 12.6. The summed E-state index contributed by atoms with van der Waals surface area (Å²) in [5.74, 6) is 0.899. The Morgan fingerprint density at radius 2 is 2.17 bits per heavy atom. The molecular weight excluding hydrogens is 308 g/mol. The van der Waals surface area contributed by atoms with Gasteiger partial charge in [0.15, 0.2) is 0 Å². The van der Waals surface area contributed by atoms with Crippen molar-refractivity contribution >= 4 is 23.2 Å². The highest BCUT2D eigenvalue weighted by atomic mass is 32.1. The molecule has 1 saturated heterocycles. The number of anilines is 1. The first-order valence-corrected chi connectivity index (χ1v) is 8.90. The van der Waals surface area contributed by atoms with Crippen molar-refractivity contribution in [3.05, 3.63) is 40.3 Å². The maximum Gasteiger partial charge on any atom is 0.254 e. The topological polar surface area (TPSA) is 58.1 Å². The summed E-state index contributed by atoms with van der Waals surface area (Å²) in [6.45, 7) is 3.78. The van der Waals surface area contributed by atoms with Gasteiger partial charge < -0.3 is 10.2 Å². The number of aromatic nitrogens is 2. The molecule has 120 valence electrons. The van der Waals surface area contributed by atoms with Crippen molar-refractivity contribution in [2.75, 3.05) is 18.4 Å². The highest BCUT2D eigenvalue weighted by molar-refractivity contribution is 7.10. The summed E-state index contributed by atoms with van der Waals surface area (Å²) in [5, 5.41) is 5.38. The van der Waals surface area contributed by atoms with Gasteiger partial charge in [-0.1, -0.05) is 0 Å². The van der Waals surface area contributed by atoms with Crippen LogP contribution in [0, 0.1) is 12.3 Å². The van der Waals surface area contributed by atoms with Crippen LogP contribution in [0.4, 0.5) is 5.95 Å². The van der Waals surface area contributed by atoms with Crippen LogP contribution in [0.15, 0.2) is 29.9 Å². The fourth-order valence-corrected chi connectivity index (χ4v) is 4.55. The van der Waals surface area contributed by atoms with E-state index in [1.54, 1.807) is 23.7 Å². The first-order valence-electron chi connectivity index (χ1n) is 8.02. The molecule has 1 spiro atoms. The van der Waals surface area contributed by atoms with Gasteiger partial charge in [-0.15, -0.1) is 11.3 Å². The van der Waals surface area contributed by atoms with Crippen molar-refractivity contribution in [1.82, 2.24) is 14.9 Å². The lowest BCUT2D eigenvalue weighted by molar-refractivity contribution is 0.0715. The van der Waals surface area contributed by atoms with Crippen LogP contribution >= 0.6 is 11.3 Å². The molecule has 2 fully saturated rings. The predicted molar refractivity (Wildman–Crippen MR) is 90.7 cm³/mol. The van der Waals surface area contributed by atoms with Gasteiger partial charge in [0.2, 0.25) is 5.95 Å². The van der Waals surface area contributed by atoms with Gasteiger partial charge in [-0.25, -0.2) is 9.97 Å². The fraction of sp³-hybridized carbons (Fsp3) is 0.471. The minimum atomic E-state index is 0.198. The van der Waals surface area contributed by atoms with Gasteiger partial charge in [0, 0.05) is 36.4 Å². The Hall–Kier alpha value is -1.95. The average molecular weight is 328 g/mol. The second-order valence-corrected chi connectivity index (χ2v) is 7.81. The molecule has 3 heterocycles. The number of thiophene rings is 1. The molecular formula is C17H20N4OS. The second-order valence-electron chi connectivity index (χ2n) is 6.69. The fourth-order valence-electron chi connectivity index (χ4n) is 3.86. The second kappa shape index (κ2) is 5.60. The van der Waals surface area contributed by atoms with Crippen LogP contribution in [-0.4, -0.2) is 39.9 Å². The van der Waals surface area contributed by atoms with E-state index < -0.39 is 0 Å². The van der Waals surface area contributed by atoms with Gasteiger partial charge in [0.25, 0.3) is 5.91 Å². The number of carbonyl (C=O) groups excluding carboxylic acids is 1. The van der Waals surface area contributed by atoms with Gasteiger partial charge in [-0.05, 0) is 49.1 Å². The molecule has 0 radical (unpaired) electrons. The quantitative estimate of drug-likeness (QED) is 0.941. The predicted octanol–water partition coefficient (Wildman–Crippen LogP) is 2.95. The Labute approximate surface area is 139 Å². The van der Waals surface area contributed by atoms with Crippen LogP contribution in [0.25, 0.3) is 0 Å². The molecule has 1 aliphatic carbocycles. The zero-order valence-electron chi connectivity index (χ0n) is 13.2. The van der Waals surface area contributed by atoms with Gasteiger partial charge in [0.05, 0.1) is 5.56 Å². The molecule has 1 amide bonds. The Balaban J connectivity index is 1.35. The number of hydrogen-bond acceptors (Lipinski definition) is 5. The van der Waals surface area contributed by atoms with E-state index in [9.17, 15) is 4.79 Å². The molecule has 1 saturated carbocycles. The van der Waals surface area contributed by atoms with Crippen LogP contribution in [0.3, 0.4) is 0 Å². The zero-order valence-corrected chi connectivity index (χ0v) is 14.0. The normalized spacial score (nSPS) is 26.3. The summed E-state index contributed by atoms with van der Waals surface area (Å²) in [6.07, 6.45) is 6.80. The molecule has 0 bridgehead atoms. The van der Waals surface area contributed by atoms with Crippen molar-refractivity contribution in [3.63, 3.8) is 0 Å². The van der Waals surface area contributed by atoms with E-state index in [1.807, 2.05) is 29.3 Å². The Bertz CT molecular complexity index is 708. The first kappa shape index (κ1) is 14.6. The van der Waals surface area contributed by atoms with Gasteiger partial charge >= 0.3 is 0 Å². The largest absolute Gasteiger partial charge is 0.351 e. The van der Waals surface area contributed by atoms with E-state index >= 15 is 0 Å². The van der Waals surface area contributed by atoms with E-state index in [4.69, 9.17) is 0 Å². The summed E-state index contributed by atoms with van der Waals surface area (Å²) in [7, 11) is 0. The number of amides is 1. The van der Waals surface area contributed by atoms with E-state index in [0.717, 1.165) is 42.8 Å². The van der Waals surface area contributed by atoms with E-state index in [1.165, 1.54) is 0 Å². The smallest absolute Gasteiger partial charge is 0.254 e. The molecule has 0 unspecified atom stereocenters. The number of rotatable bonds is 3. The third kappa shape index (κ3) is 2.72. The average Bonchev–Trinajstić information content (AvgIpc) is 3.14. The van der Waals surface area contributed by atoms with Crippen molar-refractivity contribution < 1.29 is 4.79 Å². The van der Waals surface area contributed by atoms with Crippen LogP contribution in [0.5, 0.6) is 0 Å². The lowest BCUT2D eigenvalue weighted by atomic mass is 9.65. The number of hydrogen-bond donors (Lipinski definition) is 1. The van der Waals surface area contributed by atoms with Crippen LogP contribution < -0.4 is 5.32 Å². The minimum Gasteiger partial charge on any atom is -0.351 e. The molecule has 23 heavy (non-hydrogen) atoms. The molecule has 1 aliphatic heterocycles. The third-order valence-electron chi connectivity index (χ3n) is 5.07. The maximum atomic E-state index is 12.6. The van der Waals surface area contributed by atoms with Crippen molar-refractivity contribution in [1.29, 1.82) is 0 Å². The first-order chi connectivity index (χ1) is 11.2. The Morgan fingerprint density at radius 1 is 1.39 bits per heavy atom. The third-order valence-corrected chi connectivity index (χ3v) is 5.92. The summed E-state index contributed by atoms with van der Waals surface area (Å²) >= 11 is 1.64. The zero-order chi connectivity index (χ0) is 15.9. The number of likely N-dealkylation sites (tertiary alicyclic amines) is 1. The summed E-state index contributed by atoms with van der Waals surface area (Å²) < 4.78 is 0. The van der Waals surface area contributed by atoms with E-state index in [2.05, 4.69) is 15.3 Å². The molecule has 0 aromatic carbocycles. The van der Waals surface area contributed by atoms with Crippen molar-refractivity contribution in [3.8, 4) is 0 Å². The molecule has 5 nitrogen and oxygen atoms in total. The lowest BCUT2D eigenvalue weighted by Gasteiger charge is -2.45. The van der Waals surface area contributed by atoms with Gasteiger partial charge in [-0.3, -0.25) is 4.79 Å². The van der Waals surface area contributed by atoms with Crippen LogP contribution in [-0.2, 0) is 0 Å². The molecule has 0 atom stereocenters. The molecule has 2 aliphatic rings. The Morgan fingerprint density at radius 3 is 2.87 bits per heavy atom. The molecule has 4 rings (SSSR count). The highest BCUT2D eigenvalue weighted by Gasteiger charge is 2.49. The Kier molecular flexibility index (Phi) is 3.56. The van der Waals surface area contributed by atoms with Crippen molar-refractivity contribution in [2.45, 2.75) is 32.2 Å². The standard InChI is InChI=1S/C17H20N4OS/c1-12-14(3-8-23-12)15(22)21-7-4-17(11-21)9-13(10-17)20-16-18-5-2-6-19-16/h2-3,5-6,8,13H,4,7,9-11H2,1H3,(H,18,19,20). The van der Waals surface area contributed by atoms with Gasteiger partial charge in [-0.2, -0.15) is 0 Å². The van der Waals surface area contributed by atoms with E-state index in [0.29, 0.717) is 17.4 Å². The molecule has 6 heteroatoms. The molecule has 2 aromatic heterocycles. The van der Waals surface area contributed by atoms with E-state index in [-0.39, 0.29) is 5.91 Å². The minimum absolute atomic E-state index is 0.198. The molecule has 2 aromatic rings. The lowest BCUT2D eigenvalue weighted by Crippen LogP contribution is -2.47. The number of carbonyl (C=O) groups is 1. The van der Waals surface area contributed by atoms with Crippen molar-refractivity contribution in [2.24, 2.45) is 5.41 Å². The number of nitrogens with one attached hydrogen (secondary N) is 1. The molecule has 1 N–H and O–H groups in total. The van der Waals surface area contributed by atoms with Crippen LogP contribution in [0.1, 0.15) is 34.5 Å². The number of nitrogens with zero attached hydrogens (tertiary/aromatic N) is 3. The summed E-state index contributed by atoms with van der Waals surface area (Å²) in [5.41, 5.74) is 1.17.